The van der Waals surface area contributed by atoms with Crippen molar-refractivity contribution in [2.24, 2.45) is 0 Å². The number of pyridine rings is 1. The Morgan fingerprint density at radius 1 is 1.28 bits per heavy atom. The van der Waals surface area contributed by atoms with E-state index in [2.05, 4.69) is 5.32 Å². The molecule has 2 rings (SSSR count). The number of alkyl halides is 1. The van der Waals surface area contributed by atoms with Crippen molar-refractivity contribution in [3.05, 3.63) is 34.7 Å². The number of nitrogens with zero attached hydrogens (tertiary/aromatic N) is 1. The Kier molecular flexibility index (Phi) is 5.26. The highest BCUT2D eigenvalue weighted by Gasteiger charge is 2.20. The summed E-state index contributed by atoms with van der Waals surface area (Å²) >= 11 is 6.37. The maximum absolute atomic E-state index is 11.5. The maximum atomic E-state index is 11.5. The highest BCUT2D eigenvalue weighted by molar-refractivity contribution is 6.21. The van der Waals surface area contributed by atoms with Gasteiger partial charge in [0.05, 0.1) is 0 Å². The van der Waals surface area contributed by atoms with E-state index in [1.54, 1.807) is 16.7 Å². The Labute approximate surface area is 113 Å². The summed E-state index contributed by atoms with van der Waals surface area (Å²) in [5.41, 5.74) is 0.0580. The third-order valence-electron chi connectivity index (χ3n) is 3.59. The molecular weight excluding hydrogens is 248 g/mol. The summed E-state index contributed by atoms with van der Waals surface area (Å²) in [6.07, 6.45) is 7.87. The van der Waals surface area contributed by atoms with E-state index in [9.17, 15) is 4.79 Å². The molecule has 1 saturated carbocycles. The molecule has 3 nitrogen and oxygen atoms in total. The van der Waals surface area contributed by atoms with Crippen molar-refractivity contribution in [3.63, 3.8) is 0 Å². The van der Waals surface area contributed by atoms with E-state index in [-0.39, 0.29) is 10.9 Å². The van der Waals surface area contributed by atoms with E-state index in [0.717, 1.165) is 19.4 Å². The van der Waals surface area contributed by atoms with Gasteiger partial charge in [-0.05, 0) is 18.9 Å². The Morgan fingerprint density at radius 3 is 2.94 bits per heavy atom. The second-order valence-corrected chi connectivity index (χ2v) is 5.51. The summed E-state index contributed by atoms with van der Waals surface area (Å²) in [4.78, 5) is 11.5. The van der Waals surface area contributed by atoms with Gasteiger partial charge in [-0.25, -0.2) is 0 Å². The molecule has 0 radical (unpaired) electrons. The quantitative estimate of drug-likeness (QED) is 0.672. The highest BCUT2D eigenvalue weighted by atomic mass is 35.5. The zero-order chi connectivity index (χ0) is 12.8. The molecule has 1 N–H and O–H groups in total. The topological polar surface area (TPSA) is 34.0 Å². The van der Waals surface area contributed by atoms with Crippen molar-refractivity contribution in [1.29, 1.82) is 0 Å². The van der Waals surface area contributed by atoms with Gasteiger partial charge in [-0.2, -0.15) is 0 Å². The Hall–Kier alpha value is -0.800. The van der Waals surface area contributed by atoms with Crippen LogP contribution in [0.2, 0.25) is 0 Å². The van der Waals surface area contributed by atoms with Crippen molar-refractivity contribution in [1.82, 2.24) is 9.88 Å². The largest absolute Gasteiger partial charge is 0.314 e. The highest BCUT2D eigenvalue weighted by Crippen LogP contribution is 2.22. The molecule has 0 amide bonds. The SMILES string of the molecule is O=c1ccccn1CCNC1CCCCCC1Cl. The molecule has 100 valence electrons. The van der Waals surface area contributed by atoms with Crippen molar-refractivity contribution in [3.8, 4) is 0 Å². The fraction of sp³-hybridized carbons (Fsp3) is 0.643. The van der Waals surface area contributed by atoms with Gasteiger partial charge in [-0.1, -0.05) is 25.3 Å². The third kappa shape index (κ3) is 3.85. The third-order valence-corrected chi connectivity index (χ3v) is 4.11. The van der Waals surface area contributed by atoms with Crippen molar-refractivity contribution >= 4 is 11.6 Å². The van der Waals surface area contributed by atoms with Crippen LogP contribution in [-0.4, -0.2) is 22.5 Å². The van der Waals surface area contributed by atoms with E-state index in [0.29, 0.717) is 12.6 Å². The van der Waals surface area contributed by atoms with Gasteiger partial charge < -0.3 is 9.88 Å². The van der Waals surface area contributed by atoms with Crippen molar-refractivity contribution < 1.29 is 0 Å². The molecule has 18 heavy (non-hydrogen) atoms. The number of hydrogen-bond acceptors (Lipinski definition) is 2. The van der Waals surface area contributed by atoms with Gasteiger partial charge in [-0.3, -0.25) is 4.79 Å². The molecule has 1 aliphatic rings. The van der Waals surface area contributed by atoms with Crippen LogP contribution in [0.15, 0.2) is 29.2 Å². The minimum atomic E-state index is 0.0580. The monoisotopic (exact) mass is 268 g/mol. The van der Waals surface area contributed by atoms with Gasteiger partial charge in [0.1, 0.15) is 0 Å². The first-order valence-electron chi connectivity index (χ1n) is 6.80. The first-order valence-corrected chi connectivity index (χ1v) is 7.24. The predicted octanol–water partition coefficient (Wildman–Crippen LogP) is 2.38. The lowest BCUT2D eigenvalue weighted by Crippen LogP contribution is -2.39. The average molecular weight is 269 g/mol. The number of hydrogen-bond donors (Lipinski definition) is 1. The second kappa shape index (κ2) is 6.95. The molecule has 1 aromatic rings. The summed E-state index contributed by atoms with van der Waals surface area (Å²) in [6.45, 7) is 1.51. The van der Waals surface area contributed by atoms with Crippen LogP contribution in [0.5, 0.6) is 0 Å². The summed E-state index contributed by atoms with van der Waals surface area (Å²) in [7, 11) is 0. The number of nitrogens with one attached hydrogen (secondary N) is 1. The zero-order valence-corrected chi connectivity index (χ0v) is 11.4. The van der Waals surface area contributed by atoms with E-state index in [1.807, 2.05) is 12.3 Å². The van der Waals surface area contributed by atoms with Crippen molar-refractivity contribution in [2.45, 2.75) is 50.1 Å². The lowest BCUT2D eigenvalue weighted by Gasteiger charge is -2.21. The van der Waals surface area contributed by atoms with Gasteiger partial charge in [0.15, 0.2) is 0 Å². The minimum Gasteiger partial charge on any atom is -0.314 e. The number of rotatable bonds is 4. The first kappa shape index (κ1) is 13.6. The maximum Gasteiger partial charge on any atom is 0.250 e. The molecule has 0 bridgehead atoms. The smallest absolute Gasteiger partial charge is 0.250 e. The summed E-state index contributed by atoms with van der Waals surface area (Å²) in [5.74, 6) is 0. The van der Waals surface area contributed by atoms with Gasteiger partial charge in [0, 0.05) is 36.8 Å². The second-order valence-electron chi connectivity index (χ2n) is 4.95. The molecule has 2 unspecified atom stereocenters. The van der Waals surface area contributed by atoms with E-state index in [4.69, 9.17) is 11.6 Å². The molecular formula is C14H21ClN2O. The fourth-order valence-electron chi connectivity index (χ4n) is 2.51. The predicted molar refractivity (Wildman–Crippen MR) is 75.2 cm³/mol. The molecule has 0 spiro atoms. The molecule has 0 aromatic carbocycles. The number of halogens is 1. The molecule has 1 fully saturated rings. The fourth-order valence-corrected chi connectivity index (χ4v) is 2.88. The Balaban J connectivity index is 1.81. The van der Waals surface area contributed by atoms with Gasteiger partial charge in [0.2, 0.25) is 0 Å². The summed E-state index contributed by atoms with van der Waals surface area (Å²) < 4.78 is 1.73. The zero-order valence-electron chi connectivity index (χ0n) is 10.6. The van der Waals surface area contributed by atoms with E-state index >= 15 is 0 Å². The van der Waals surface area contributed by atoms with Crippen LogP contribution in [0.4, 0.5) is 0 Å². The number of aromatic nitrogens is 1. The van der Waals surface area contributed by atoms with Crippen LogP contribution >= 0.6 is 11.6 Å². The average Bonchev–Trinajstić information content (AvgIpc) is 2.57. The lowest BCUT2D eigenvalue weighted by atomic mass is 10.1. The van der Waals surface area contributed by atoms with Crippen LogP contribution in [-0.2, 0) is 6.54 Å². The van der Waals surface area contributed by atoms with Gasteiger partial charge >= 0.3 is 0 Å². The van der Waals surface area contributed by atoms with Crippen LogP contribution in [0, 0.1) is 0 Å². The molecule has 2 atom stereocenters. The molecule has 0 aliphatic heterocycles. The molecule has 1 heterocycles. The van der Waals surface area contributed by atoms with Gasteiger partial charge in [0.25, 0.3) is 5.56 Å². The van der Waals surface area contributed by atoms with Crippen LogP contribution in [0.1, 0.15) is 32.1 Å². The lowest BCUT2D eigenvalue weighted by molar-refractivity contribution is 0.447. The molecule has 1 aromatic heterocycles. The van der Waals surface area contributed by atoms with Crippen LogP contribution in [0.25, 0.3) is 0 Å². The minimum absolute atomic E-state index is 0.0580. The standard InChI is InChI=1S/C14H21ClN2O/c15-12-6-2-1-3-7-13(12)16-9-11-17-10-5-4-8-14(17)18/h4-5,8,10,12-13,16H,1-3,6-7,9,11H2. The Morgan fingerprint density at radius 2 is 2.11 bits per heavy atom. The molecule has 1 aliphatic carbocycles. The van der Waals surface area contributed by atoms with Crippen molar-refractivity contribution in [2.75, 3.05) is 6.54 Å². The van der Waals surface area contributed by atoms with E-state index in [1.165, 1.54) is 19.3 Å². The molecule has 0 saturated heterocycles. The summed E-state index contributed by atoms with van der Waals surface area (Å²) in [6, 6.07) is 5.65. The van der Waals surface area contributed by atoms with Crippen LogP contribution in [0.3, 0.4) is 0 Å². The van der Waals surface area contributed by atoms with Crippen LogP contribution < -0.4 is 10.9 Å². The van der Waals surface area contributed by atoms with E-state index < -0.39 is 0 Å². The first-order chi connectivity index (χ1) is 8.77. The normalized spacial score (nSPS) is 24.7. The molecule has 4 heteroatoms. The Bertz CT molecular complexity index is 418. The summed E-state index contributed by atoms with van der Waals surface area (Å²) in [5, 5.41) is 3.73. The van der Waals surface area contributed by atoms with Gasteiger partial charge in [-0.15, -0.1) is 11.6 Å².